The highest BCUT2D eigenvalue weighted by Gasteiger charge is 2.56. The molecule has 12 heavy (non-hydrogen) atoms. The van der Waals surface area contributed by atoms with Crippen LogP contribution in [0.3, 0.4) is 0 Å². The van der Waals surface area contributed by atoms with E-state index in [1.54, 1.807) is 4.90 Å². The average molecular weight is 169 g/mol. The van der Waals surface area contributed by atoms with Gasteiger partial charge in [-0.1, -0.05) is 0 Å². The van der Waals surface area contributed by atoms with Crippen LogP contribution >= 0.6 is 0 Å². The molecule has 0 amide bonds. The first-order valence-electron chi connectivity index (χ1n) is 4.20. The molecule has 0 saturated carbocycles. The van der Waals surface area contributed by atoms with Crippen LogP contribution in [0.5, 0.6) is 0 Å². The summed E-state index contributed by atoms with van der Waals surface area (Å²) in [5.41, 5.74) is -1.12. The molecule has 1 atom stereocenters. The molecule has 2 heterocycles. The van der Waals surface area contributed by atoms with Crippen molar-refractivity contribution in [1.29, 1.82) is 0 Å². The van der Waals surface area contributed by atoms with Gasteiger partial charge in [-0.3, -0.25) is 9.69 Å². The Morgan fingerprint density at radius 2 is 2.25 bits per heavy atom. The molecule has 1 N–H and O–H groups in total. The Hall–Kier alpha value is -0.900. The normalized spacial score (nSPS) is 35.5. The zero-order valence-electron chi connectivity index (χ0n) is 6.75. The van der Waals surface area contributed by atoms with Crippen LogP contribution in [0.15, 0.2) is 0 Å². The quantitative estimate of drug-likeness (QED) is 0.556. The molecule has 0 radical (unpaired) electrons. The molecule has 0 spiro atoms. The average Bonchev–Trinajstić information content (AvgIpc) is 2.52. The monoisotopic (exact) mass is 169 g/mol. The highest BCUT2D eigenvalue weighted by molar-refractivity contribution is 6.09. The number of nitrogens with zero attached hydrogens (tertiary/aromatic N) is 1. The topological polar surface area (TPSA) is 57.6 Å². The Balaban J connectivity index is 2.40. The van der Waals surface area contributed by atoms with E-state index in [1.807, 2.05) is 0 Å². The zero-order chi connectivity index (χ0) is 8.77. The highest BCUT2D eigenvalue weighted by atomic mass is 16.4. The van der Waals surface area contributed by atoms with Gasteiger partial charge in [0, 0.05) is 13.0 Å². The summed E-state index contributed by atoms with van der Waals surface area (Å²) < 4.78 is 0. The smallest absolute Gasteiger partial charge is 0.331 e. The maximum atomic E-state index is 11.4. The van der Waals surface area contributed by atoms with Crippen molar-refractivity contribution in [2.24, 2.45) is 0 Å². The second-order valence-corrected chi connectivity index (χ2v) is 3.43. The lowest BCUT2D eigenvalue weighted by atomic mass is 9.93. The maximum absolute atomic E-state index is 11.4. The van der Waals surface area contributed by atoms with Crippen molar-refractivity contribution in [3.05, 3.63) is 0 Å². The van der Waals surface area contributed by atoms with E-state index in [0.29, 0.717) is 19.4 Å². The molecule has 0 aliphatic carbocycles. The Morgan fingerprint density at radius 3 is 2.83 bits per heavy atom. The van der Waals surface area contributed by atoms with Gasteiger partial charge < -0.3 is 5.11 Å². The van der Waals surface area contributed by atoms with Crippen molar-refractivity contribution in [2.75, 3.05) is 13.1 Å². The minimum atomic E-state index is -1.12. The number of carbonyl (C=O) groups is 2. The van der Waals surface area contributed by atoms with E-state index in [-0.39, 0.29) is 5.78 Å². The molecule has 66 valence electrons. The van der Waals surface area contributed by atoms with E-state index >= 15 is 0 Å². The Kier molecular flexibility index (Phi) is 1.48. The van der Waals surface area contributed by atoms with Crippen molar-refractivity contribution >= 4 is 11.8 Å². The number of rotatable bonds is 1. The molecule has 4 heteroatoms. The van der Waals surface area contributed by atoms with E-state index in [2.05, 4.69) is 0 Å². The number of aliphatic carboxylic acids is 1. The van der Waals surface area contributed by atoms with Gasteiger partial charge in [0.15, 0.2) is 11.3 Å². The third-order valence-corrected chi connectivity index (χ3v) is 2.93. The first-order chi connectivity index (χ1) is 5.68. The van der Waals surface area contributed by atoms with E-state index in [9.17, 15) is 9.59 Å². The Bertz CT molecular complexity index is 251. The van der Waals surface area contributed by atoms with Gasteiger partial charge in [0.25, 0.3) is 0 Å². The molecular formula is C8H11NO3. The van der Waals surface area contributed by atoms with Crippen LogP contribution in [0.4, 0.5) is 0 Å². The Morgan fingerprint density at radius 1 is 1.50 bits per heavy atom. The number of fused-ring (bicyclic) bond motifs is 1. The first kappa shape index (κ1) is 7.73. The summed E-state index contributed by atoms with van der Waals surface area (Å²) in [5.74, 6) is -1.06. The third-order valence-electron chi connectivity index (χ3n) is 2.93. The van der Waals surface area contributed by atoms with Gasteiger partial charge in [0.05, 0.1) is 0 Å². The Labute approximate surface area is 70.2 Å². The van der Waals surface area contributed by atoms with Crippen molar-refractivity contribution in [1.82, 2.24) is 4.90 Å². The summed E-state index contributed by atoms with van der Waals surface area (Å²) in [4.78, 5) is 24.2. The number of carbonyl (C=O) groups excluding carboxylic acids is 1. The molecule has 0 aromatic heterocycles. The van der Waals surface area contributed by atoms with Crippen molar-refractivity contribution in [3.8, 4) is 0 Å². The number of carboxylic acids is 1. The molecule has 0 unspecified atom stereocenters. The largest absolute Gasteiger partial charge is 0.480 e. The van der Waals surface area contributed by atoms with Crippen LogP contribution in [-0.2, 0) is 9.59 Å². The van der Waals surface area contributed by atoms with Crippen LogP contribution in [0, 0.1) is 0 Å². The van der Waals surface area contributed by atoms with Crippen molar-refractivity contribution in [3.63, 3.8) is 0 Å². The lowest BCUT2D eigenvalue weighted by Crippen LogP contribution is -2.50. The van der Waals surface area contributed by atoms with Gasteiger partial charge in [0.1, 0.15) is 0 Å². The molecule has 2 rings (SSSR count). The molecule has 2 aliphatic heterocycles. The fourth-order valence-corrected chi connectivity index (χ4v) is 2.30. The number of ketones is 1. The second-order valence-electron chi connectivity index (χ2n) is 3.43. The summed E-state index contributed by atoms with van der Waals surface area (Å²) in [6.07, 6.45) is 1.74. The fourth-order valence-electron chi connectivity index (χ4n) is 2.30. The first-order valence-corrected chi connectivity index (χ1v) is 4.20. The van der Waals surface area contributed by atoms with Gasteiger partial charge in [-0.05, 0) is 19.4 Å². The molecule has 2 saturated heterocycles. The number of hydrogen-bond donors (Lipinski definition) is 1. The van der Waals surface area contributed by atoms with E-state index in [0.717, 1.165) is 13.0 Å². The molecule has 0 aromatic carbocycles. The summed E-state index contributed by atoms with van der Waals surface area (Å²) in [6.45, 7) is 1.39. The molecular weight excluding hydrogens is 158 g/mol. The van der Waals surface area contributed by atoms with Gasteiger partial charge in [-0.25, -0.2) is 4.79 Å². The summed E-state index contributed by atoms with van der Waals surface area (Å²) in [7, 11) is 0. The van der Waals surface area contributed by atoms with Crippen LogP contribution in [0.25, 0.3) is 0 Å². The number of Topliss-reactive ketones (excluding diaryl/α,β-unsaturated/α-hetero) is 1. The lowest BCUT2D eigenvalue weighted by molar-refractivity contribution is -0.152. The van der Waals surface area contributed by atoms with Gasteiger partial charge in [0.2, 0.25) is 0 Å². The molecule has 0 bridgehead atoms. The van der Waals surface area contributed by atoms with E-state index in [4.69, 9.17) is 5.11 Å². The SMILES string of the molecule is O=C(O)[C@@]12CCCN1CCC2=O. The van der Waals surface area contributed by atoms with Crippen LogP contribution in [0.1, 0.15) is 19.3 Å². The predicted molar refractivity (Wildman–Crippen MR) is 40.8 cm³/mol. The zero-order valence-corrected chi connectivity index (χ0v) is 6.75. The molecule has 0 aromatic rings. The highest BCUT2D eigenvalue weighted by Crippen LogP contribution is 2.36. The molecule has 2 fully saturated rings. The van der Waals surface area contributed by atoms with Crippen molar-refractivity contribution < 1.29 is 14.7 Å². The lowest BCUT2D eigenvalue weighted by Gasteiger charge is -2.24. The molecule has 4 nitrogen and oxygen atoms in total. The van der Waals surface area contributed by atoms with Gasteiger partial charge in [-0.2, -0.15) is 0 Å². The molecule has 2 aliphatic rings. The summed E-state index contributed by atoms with van der Waals surface area (Å²) >= 11 is 0. The fraction of sp³-hybridized carbons (Fsp3) is 0.750. The summed E-state index contributed by atoms with van der Waals surface area (Å²) in [6, 6.07) is 0. The minimum Gasteiger partial charge on any atom is -0.480 e. The van der Waals surface area contributed by atoms with Gasteiger partial charge >= 0.3 is 5.97 Å². The third kappa shape index (κ3) is 0.705. The van der Waals surface area contributed by atoms with Gasteiger partial charge in [-0.15, -0.1) is 0 Å². The summed E-state index contributed by atoms with van der Waals surface area (Å²) in [5, 5.41) is 8.98. The number of hydrogen-bond acceptors (Lipinski definition) is 3. The van der Waals surface area contributed by atoms with Crippen LogP contribution in [-0.4, -0.2) is 40.4 Å². The maximum Gasteiger partial charge on any atom is 0.331 e. The second kappa shape index (κ2) is 2.29. The van der Waals surface area contributed by atoms with Crippen LogP contribution < -0.4 is 0 Å². The van der Waals surface area contributed by atoms with Crippen LogP contribution in [0.2, 0.25) is 0 Å². The standard InChI is InChI=1S/C8H11NO3/c10-6-2-5-9-4-1-3-8(6,9)7(11)12/h1-5H2,(H,11,12)/t8-/m0/s1. The minimum absolute atomic E-state index is 0.104. The van der Waals surface area contributed by atoms with E-state index < -0.39 is 11.5 Å². The number of carboxylic acid groups (broad SMARTS) is 1. The van der Waals surface area contributed by atoms with E-state index in [1.165, 1.54) is 0 Å². The van der Waals surface area contributed by atoms with Crippen molar-refractivity contribution in [2.45, 2.75) is 24.8 Å². The predicted octanol–water partition coefficient (Wildman–Crippen LogP) is -0.122.